The van der Waals surface area contributed by atoms with Gasteiger partial charge in [0.15, 0.2) is 0 Å². The predicted octanol–water partition coefficient (Wildman–Crippen LogP) is 25.4. The zero-order chi connectivity index (χ0) is 71.9. The molecule has 0 N–H and O–H groups in total. The lowest BCUT2D eigenvalue weighted by Gasteiger charge is -2.45. The predicted molar refractivity (Wildman–Crippen MR) is 442 cm³/mol. The van der Waals surface area contributed by atoms with Gasteiger partial charge >= 0.3 is 0 Å². The fourth-order valence-electron chi connectivity index (χ4n) is 17.7. The molecule has 16 rings (SSSR count). The number of hydrogen-bond donors (Lipinski definition) is 0. The van der Waals surface area contributed by atoms with E-state index in [1.54, 1.807) is 0 Å². The lowest BCUT2D eigenvalue weighted by molar-refractivity contribution is 0.332. The molecule has 4 heteroatoms. The molecule has 2 aliphatic carbocycles. The lowest BCUT2D eigenvalue weighted by atomic mass is 9.33. The number of fused-ring (bicyclic) bond motifs is 9. The summed E-state index contributed by atoms with van der Waals surface area (Å²) >= 11 is 0. The second kappa shape index (κ2) is 23.2. The van der Waals surface area contributed by atoms with Crippen LogP contribution in [0, 0.1) is 0 Å². The van der Waals surface area contributed by atoms with Crippen LogP contribution >= 0.6 is 0 Å². The zero-order valence-corrected chi connectivity index (χ0v) is 64.5. The van der Waals surface area contributed by atoms with Crippen LogP contribution in [0.5, 0.6) is 0 Å². The molecule has 0 radical (unpaired) electrons. The highest BCUT2D eigenvalue weighted by Crippen LogP contribution is 2.52. The first-order valence-corrected chi connectivity index (χ1v) is 37.9. The van der Waals surface area contributed by atoms with Gasteiger partial charge in [-0.1, -0.05) is 284 Å². The fourth-order valence-corrected chi connectivity index (χ4v) is 17.7. The van der Waals surface area contributed by atoms with Crippen molar-refractivity contribution in [2.45, 2.75) is 207 Å². The molecule has 1 aromatic heterocycles. The Morgan fingerprint density at radius 2 is 0.559 bits per heavy atom. The molecule has 0 saturated carbocycles. The Labute approximate surface area is 610 Å². The topological polar surface area (TPSA) is 11.4 Å². The van der Waals surface area contributed by atoms with E-state index in [-0.39, 0.29) is 50.0 Å². The van der Waals surface area contributed by atoms with Gasteiger partial charge in [0, 0.05) is 44.9 Å². The zero-order valence-electron chi connectivity index (χ0n) is 64.5. The Kier molecular flexibility index (Phi) is 15.3. The fraction of sp³-hybridized carbons (Fsp3) is 0.327. The van der Waals surface area contributed by atoms with E-state index in [0.717, 1.165) is 17.1 Å². The normalized spacial score (nSPS) is 16.5. The molecule has 0 saturated heterocycles. The van der Waals surface area contributed by atoms with E-state index in [1.165, 1.54) is 176 Å². The van der Waals surface area contributed by atoms with Gasteiger partial charge in [-0.15, -0.1) is 0 Å². The summed E-state index contributed by atoms with van der Waals surface area (Å²) in [6.45, 7) is 47.3. The van der Waals surface area contributed by atoms with E-state index in [1.807, 2.05) is 0 Å². The molecule has 0 unspecified atom stereocenters. The van der Waals surface area contributed by atoms with Gasteiger partial charge in [0.05, 0.1) is 16.7 Å². The summed E-state index contributed by atoms with van der Waals surface area (Å²) < 4.78 is 2.60. The third-order valence-electron chi connectivity index (χ3n) is 24.6. The van der Waals surface area contributed by atoms with Crippen molar-refractivity contribution < 1.29 is 0 Å². The Balaban J connectivity index is 0.983. The highest BCUT2D eigenvalue weighted by atomic mass is 15.2. The molecule has 2 aliphatic heterocycles. The Morgan fingerprint density at radius 1 is 0.265 bits per heavy atom. The minimum Gasteiger partial charge on any atom is -0.311 e. The van der Waals surface area contributed by atoms with E-state index in [2.05, 4.69) is 371 Å². The summed E-state index contributed by atoms with van der Waals surface area (Å²) in [6, 6.07) is 87.1. The van der Waals surface area contributed by atoms with Gasteiger partial charge < -0.3 is 14.4 Å². The van der Waals surface area contributed by atoms with Gasteiger partial charge in [-0.25, -0.2) is 0 Å². The molecule has 4 aliphatic rings. The van der Waals surface area contributed by atoms with Crippen LogP contribution in [0.25, 0.3) is 72.0 Å². The van der Waals surface area contributed by atoms with E-state index in [4.69, 9.17) is 0 Å². The molecule has 0 spiro atoms. The maximum absolute atomic E-state index is 2.64. The quantitative estimate of drug-likeness (QED) is 0.147. The van der Waals surface area contributed by atoms with Gasteiger partial charge in [-0.2, -0.15) is 0 Å². The smallest absolute Gasteiger partial charge is 0.252 e. The van der Waals surface area contributed by atoms with Crippen molar-refractivity contribution in [2.24, 2.45) is 0 Å². The van der Waals surface area contributed by atoms with Gasteiger partial charge in [0.2, 0.25) is 0 Å². The Morgan fingerprint density at radius 3 is 0.902 bits per heavy atom. The molecule has 3 nitrogen and oxygen atoms in total. The monoisotopic (exact) mass is 1330 g/mol. The van der Waals surface area contributed by atoms with Crippen molar-refractivity contribution in [3.8, 4) is 50.2 Å². The van der Waals surface area contributed by atoms with Crippen LogP contribution in [0.1, 0.15) is 209 Å². The molecule has 514 valence electrons. The van der Waals surface area contributed by atoms with E-state index < -0.39 is 0 Å². The maximum atomic E-state index is 2.64. The number of rotatable bonds is 7. The molecule has 0 amide bonds. The Hall–Kier alpha value is -9.12. The highest BCUT2D eigenvalue weighted by molar-refractivity contribution is 7.00. The van der Waals surface area contributed by atoms with Crippen molar-refractivity contribution in [1.82, 2.24) is 4.57 Å². The van der Waals surface area contributed by atoms with Crippen molar-refractivity contribution in [1.29, 1.82) is 0 Å². The van der Waals surface area contributed by atoms with E-state index >= 15 is 0 Å². The molecule has 11 aromatic carbocycles. The van der Waals surface area contributed by atoms with E-state index in [9.17, 15) is 0 Å². The SMILES string of the molecule is CC(C)(C)c1ccc(-c2ccc3c(c2)N(c2ccc(-c4ccc5c(c4)C(C)(C)CCC5(C)C)cc2)c2cc(-n4c5ccc(C(C)(C)C)cc5c5cc(C(C)(C)C)ccc54)cc4c2B3c2ccc(-c3ccc(C(C)(C)C)cc3)cc2N4c2ccc(-c3ccc4c(c3)C(C)(C)CCC4(C)C)cc2)cc1. The minimum atomic E-state index is -0.122. The van der Waals surface area contributed by atoms with Gasteiger partial charge in [-0.05, 0) is 247 Å². The van der Waals surface area contributed by atoms with Gasteiger partial charge in [-0.3, -0.25) is 0 Å². The summed E-state index contributed by atoms with van der Waals surface area (Å²) in [7, 11) is 0. The number of aromatic nitrogens is 1. The number of anilines is 6. The molecule has 102 heavy (non-hydrogen) atoms. The van der Waals surface area contributed by atoms with Crippen LogP contribution in [0.3, 0.4) is 0 Å². The maximum Gasteiger partial charge on any atom is 0.252 e. The Bertz CT molecular complexity index is 5020. The third kappa shape index (κ3) is 11.3. The summed E-state index contributed by atoms with van der Waals surface area (Å²) in [5.41, 5.74) is 35.8. The summed E-state index contributed by atoms with van der Waals surface area (Å²) in [4.78, 5) is 5.28. The average molecular weight is 1330 g/mol. The molecular formula is C98H104BN3. The number of hydrogen-bond acceptors (Lipinski definition) is 2. The molecule has 0 atom stereocenters. The standard InChI is InChI=1S/C98H104BN3/c1-91(2,3)69-33-21-61(22-34-69)67-31-45-82-86(55-67)100(73-39-25-63(26-40-73)65-29-43-78-80(53-65)97(17,18)51-49-95(78,13)14)88-59-75(102-84-47-37-71(93(7,8)9)57-76(84)77-58-72(94(10,11)12)38-48-85(77)102)60-89-90(88)99(82)83-46-32-68(62-23-35-70(36-24-62)92(4,5)6)56-87(83)101(89)74-41-27-64(28-42-74)66-30-44-79-81(54-66)98(19,20)52-50-96(79,15)16/h21-48,53-60H,49-52H2,1-20H3. The van der Waals surface area contributed by atoms with Crippen molar-refractivity contribution in [3.63, 3.8) is 0 Å². The summed E-state index contributed by atoms with van der Waals surface area (Å²) in [6.07, 6.45) is 4.73. The largest absolute Gasteiger partial charge is 0.311 e. The molecular weight excluding hydrogens is 1230 g/mol. The second-order valence-corrected chi connectivity index (χ2v) is 37.7. The lowest BCUT2D eigenvalue weighted by Crippen LogP contribution is -2.61. The second-order valence-electron chi connectivity index (χ2n) is 37.7. The average Bonchev–Trinajstić information content (AvgIpc) is 0.901. The highest BCUT2D eigenvalue weighted by Gasteiger charge is 2.45. The van der Waals surface area contributed by atoms with Crippen LogP contribution in [0.2, 0.25) is 0 Å². The third-order valence-corrected chi connectivity index (χ3v) is 24.6. The van der Waals surface area contributed by atoms with Gasteiger partial charge in [0.25, 0.3) is 6.71 Å². The number of benzene rings is 11. The van der Waals surface area contributed by atoms with Crippen LogP contribution in [-0.2, 0) is 43.3 Å². The van der Waals surface area contributed by atoms with Crippen molar-refractivity contribution >= 4 is 79.0 Å². The summed E-state index contributed by atoms with van der Waals surface area (Å²) in [5, 5.41) is 2.55. The van der Waals surface area contributed by atoms with E-state index in [0.29, 0.717) is 0 Å². The first kappa shape index (κ1) is 67.4. The van der Waals surface area contributed by atoms with Crippen LogP contribution in [-0.4, -0.2) is 11.3 Å². The minimum absolute atomic E-state index is 0.0268. The number of nitrogens with zero attached hydrogens (tertiary/aromatic N) is 3. The van der Waals surface area contributed by atoms with Gasteiger partial charge in [0.1, 0.15) is 0 Å². The van der Waals surface area contributed by atoms with Crippen LogP contribution in [0.4, 0.5) is 34.1 Å². The van der Waals surface area contributed by atoms with Crippen molar-refractivity contribution in [3.05, 3.63) is 263 Å². The first-order chi connectivity index (χ1) is 48.0. The molecule has 0 fully saturated rings. The van der Waals surface area contributed by atoms with Crippen molar-refractivity contribution in [2.75, 3.05) is 9.80 Å². The van der Waals surface area contributed by atoms with Crippen LogP contribution in [0.15, 0.2) is 218 Å². The van der Waals surface area contributed by atoms with Crippen LogP contribution < -0.4 is 26.2 Å². The molecule has 12 aromatic rings. The summed E-state index contributed by atoms with van der Waals surface area (Å²) in [5.74, 6) is 0. The molecule has 3 heterocycles. The first-order valence-electron chi connectivity index (χ1n) is 37.9. The molecule has 0 bridgehead atoms.